The number of hydrogen-bond acceptors (Lipinski definition) is 0. The molecule has 0 N–H and O–H groups in total. The predicted molar refractivity (Wildman–Crippen MR) is 164 cm³/mol. The van der Waals surface area contributed by atoms with Crippen molar-refractivity contribution in [2.24, 2.45) is 11.3 Å². The Balaban J connectivity index is 1.75. The number of aryl methyl sites for hydroxylation is 1. The summed E-state index contributed by atoms with van der Waals surface area (Å²) in [7, 11) is 0. The van der Waals surface area contributed by atoms with E-state index in [2.05, 4.69) is 137 Å². The Hall–Kier alpha value is -2.89. The first-order chi connectivity index (χ1) is 19.1. The van der Waals surface area contributed by atoms with Crippen LogP contribution in [0, 0.1) is 11.3 Å². The van der Waals surface area contributed by atoms with Gasteiger partial charge in [0.1, 0.15) is 0 Å². The van der Waals surface area contributed by atoms with Crippen LogP contribution in [-0.2, 0) is 29.2 Å². The van der Waals surface area contributed by atoms with Crippen molar-refractivity contribution in [3.8, 4) is 0 Å². The van der Waals surface area contributed by atoms with Gasteiger partial charge in [-0.15, -0.1) is 0 Å². The van der Waals surface area contributed by atoms with Crippen LogP contribution in [0.4, 0.5) is 0 Å². The predicted octanol–water partition coefficient (Wildman–Crippen LogP) is 7.68. The molecule has 0 amide bonds. The zero-order valence-corrected chi connectivity index (χ0v) is 26.0. The van der Waals surface area contributed by atoms with Crippen molar-refractivity contribution in [2.45, 2.75) is 47.0 Å². The summed E-state index contributed by atoms with van der Waals surface area (Å²) in [6.07, 6.45) is 15.3. The monoisotopic (exact) mass is 583 g/mol. The van der Waals surface area contributed by atoms with Crippen molar-refractivity contribution in [1.82, 2.24) is 0 Å². The fourth-order valence-corrected chi connectivity index (χ4v) is 10.6. The molecule has 0 aliphatic heterocycles. The third-order valence-electron chi connectivity index (χ3n) is 8.92. The molecule has 3 aromatic rings. The van der Waals surface area contributed by atoms with Crippen LogP contribution in [-0.4, -0.2) is 3.21 Å². The molecule has 3 aromatic carbocycles. The van der Waals surface area contributed by atoms with Crippen LogP contribution in [0.2, 0.25) is 0 Å². The molecule has 0 heterocycles. The summed E-state index contributed by atoms with van der Waals surface area (Å²) in [5.74, 6) is 0.526. The molecule has 0 saturated heterocycles. The van der Waals surface area contributed by atoms with Gasteiger partial charge in [-0.1, -0.05) is 0 Å². The second kappa shape index (κ2) is 10.9. The van der Waals surface area contributed by atoms with Crippen molar-refractivity contribution >= 4 is 12.1 Å². The van der Waals surface area contributed by atoms with E-state index in [1.165, 1.54) is 38.3 Å². The maximum atomic E-state index is 2.56. The van der Waals surface area contributed by atoms with Crippen LogP contribution in [0.15, 0.2) is 126 Å². The van der Waals surface area contributed by atoms with Gasteiger partial charge in [0.15, 0.2) is 0 Å². The average molecular weight is 585 g/mol. The summed E-state index contributed by atoms with van der Waals surface area (Å²) in [5.41, 5.74) is 10.4. The van der Waals surface area contributed by atoms with Gasteiger partial charge >= 0.3 is 246 Å². The van der Waals surface area contributed by atoms with Crippen molar-refractivity contribution < 1.29 is 22.8 Å². The van der Waals surface area contributed by atoms with E-state index in [4.69, 9.17) is 0 Å². The number of hydrogen-bond donors (Lipinski definition) is 0. The van der Waals surface area contributed by atoms with Crippen LogP contribution >= 0.6 is 0 Å². The number of benzene rings is 3. The molecular formula is C38H37Zr. The molecule has 39 heavy (non-hydrogen) atoms. The SMILES string of the molecule is CCc1ccc2c(c1)=[C]([Zr]=[C](c1ccccc1)c1ccccc1)C1=C(C3=CC=CC3)C(CC)(C(C)C)C=CC=21. The molecule has 0 radical (unpaired) electrons. The standard InChI is InChI=1S/C25H27.C13H10.Zr/c1-5-18-11-12-21-20(15-18)16-23-22(21)13-14-25(6-2,17(3)4)24(23)19-9-7-8-10-19;1-3-7-12(8-4-1)11-13-9-5-2-6-10-13;/h7-9,11-15,17H,5-6,10H2,1-4H3;1-10H;. The molecule has 3 aliphatic carbocycles. The van der Waals surface area contributed by atoms with Gasteiger partial charge in [-0.2, -0.15) is 0 Å². The molecule has 1 heteroatoms. The van der Waals surface area contributed by atoms with Gasteiger partial charge in [-0.3, -0.25) is 0 Å². The number of allylic oxidation sites excluding steroid dienone is 8. The maximum absolute atomic E-state index is 2.56. The summed E-state index contributed by atoms with van der Waals surface area (Å²) in [4.78, 5) is 0. The Morgan fingerprint density at radius 3 is 2.13 bits per heavy atom. The third kappa shape index (κ3) is 4.54. The van der Waals surface area contributed by atoms with E-state index in [0.29, 0.717) is 5.92 Å². The van der Waals surface area contributed by atoms with Crippen molar-refractivity contribution in [2.75, 3.05) is 0 Å². The van der Waals surface area contributed by atoms with Crippen LogP contribution < -0.4 is 10.4 Å². The van der Waals surface area contributed by atoms with E-state index in [1.807, 2.05) is 0 Å². The first-order valence-corrected chi connectivity index (χ1v) is 17.0. The fourth-order valence-electron chi connectivity index (χ4n) is 6.69. The van der Waals surface area contributed by atoms with Crippen LogP contribution in [0.3, 0.4) is 0 Å². The topological polar surface area (TPSA) is 0 Å². The molecule has 0 spiro atoms. The van der Waals surface area contributed by atoms with Gasteiger partial charge in [0, 0.05) is 0 Å². The Labute approximate surface area is 244 Å². The Kier molecular flexibility index (Phi) is 7.39. The summed E-state index contributed by atoms with van der Waals surface area (Å²) < 4.78 is 3.22. The van der Waals surface area contributed by atoms with E-state index in [9.17, 15) is 0 Å². The Morgan fingerprint density at radius 1 is 0.872 bits per heavy atom. The van der Waals surface area contributed by atoms with Gasteiger partial charge in [-0.05, 0) is 0 Å². The number of fused-ring (bicyclic) bond motifs is 2. The average Bonchev–Trinajstić information content (AvgIpc) is 3.62. The normalized spacial score (nSPS) is 19.4. The molecule has 0 nitrogen and oxygen atoms in total. The van der Waals surface area contributed by atoms with E-state index in [1.54, 1.807) is 17.6 Å². The van der Waals surface area contributed by atoms with Crippen molar-refractivity contribution in [1.29, 1.82) is 0 Å². The van der Waals surface area contributed by atoms with Gasteiger partial charge in [-0.25, -0.2) is 0 Å². The van der Waals surface area contributed by atoms with E-state index in [-0.39, 0.29) is 5.41 Å². The van der Waals surface area contributed by atoms with Gasteiger partial charge in [0.25, 0.3) is 0 Å². The molecule has 0 aromatic heterocycles. The molecule has 1 atom stereocenters. The minimum atomic E-state index is -1.25. The molecule has 6 rings (SSSR count). The number of rotatable bonds is 7. The van der Waals surface area contributed by atoms with E-state index >= 15 is 0 Å². The van der Waals surface area contributed by atoms with Crippen molar-refractivity contribution in [3.05, 3.63) is 153 Å². The summed E-state index contributed by atoms with van der Waals surface area (Å²) in [6, 6.07) is 29.6. The molecule has 0 bridgehead atoms. The zero-order chi connectivity index (χ0) is 27.0. The molecule has 0 saturated carbocycles. The zero-order valence-electron chi connectivity index (χ0n) is 23.6. The van der Waals surface area contributed by atoms with Crippen LogP contribution in [0.1, 0.15) is 57.2 Å². The quantitative estimate of drug-likeness (QED) is 0.267. The minimum absolute atomic E-state index is 0.0522. The van der Waals surface area contributed by atoms with E-state index in [0.717, 1.165) is 19.3 Å². The Morgan fingerprint density at radius 2 is 1.56 bits per heavy atom. The first-order valence-electron chi connectivity index (χ1n) is 14.5. The van der Waals surface area contributed by atoms with Gasteiger partial charge < -0.3 is 0 Å². The summed E-state index contributed by atoms with van der Waals surface area (Å²) in [6.45, 7) is 9.51. The second-order valence-electron chi connectivity index (χ2n) is 11.2. The fraction of sp³-hybridized carbons (Fsp3) is 0.237. The molecule has 193 valence electrons. The molecule has 1 unspecified atom stereocenters. The molecule has 3 aliphatic rings. The molecular weight excluding hydrogens is 548 g/mol. The van der Waals surface area contributed by atoms with Crippen LogP contribution in [0.5, 0.6) is 0 Å². The summed E-state index contributed by atoms with van der Waals surface area (Å²) >= 11 is -1.25. The van der Waals surface area contributed by atoms with Gasteiger partial charge in [0.2, 0.25) is 0 Å². The third-order valence-corrected chi connectivity index (χ3v) is 12.8. The second-order valence-corrected chi connectivity index (χ2v) is 14.3. The van der Waals surface area contributed by atoms with E-state index < -0.39 is 22.8 Å². The summed E-state index contributed by atoms with van der Waals surface area (Å²) in [5, 5.41) is 2.94. The van der Waals surface area contributed by atoms with Crippen molar-refractivity contribution in [3.63, 3.8) is 0 Å². The molecule has 0 fully saturated rings. The van der Waals surface area contributed by atoms with Crippen LogP contribution in [0.25, 0.3) is 8.85 Å². The Bertz CT molecular complexity index is 1650. The van der Waals surface area contributed by atoms with Gasteiger partial charge in [0.05, 0.1) is 0 Å². The first kappa shape index (κ1) is 26.3.